The Kier molecular flexibility index (Phi) is 10.8. The molecule has 0 fully saturated rings. The minimum absolute atomic E-state index is 0. The van der Waals surface area contributed by atoms with Crippen molar-refractivity contribution < 1.29 is 20.6 Å². The van der Waals surface area contributed by atoms with Crippen LogP contribution < -0.4 is 5.32 Å². The summed E-state index contributed by atoms with van der Waals surface area (Å²) in [6, 6.07) is 0. The van der Waals surface area contributed by atoms with Crippen molar-refractivity contribution in [1.29, 1.82) is 0 Å². The topological polar surface area (TPSA) is 83.5 Å². The van der Waals surface area contributed by atoms with E-state index in [0.717, 1.165) is 6.42 Å². The zero-order chi connectivity index (χ0) is 10.3. The van der Waals surface area contributed by atoms with Crippen LogP contribution in [-0.4, -0.2) is 68.9 Å². The second kappa shape index (κ2) is 8.91. The van der Waals surface area contributed by atoms with Crippen molar-refractivity contribution in [2.24, 2.45) is 0 Å². The van der Waals surface area contributed by atoms with Gasteiger partial charge >= 0.3 is 37.7 Å². The molecule has 1 amide bonds. The fourth-order valence-electron chi connectivity index (χ4n) is 0.851. The molecule has 0 saturated heterocycles. The first kappa shape index (κ1) is 17.0. The third-order valence-electron chi connectivity index (χ3n) is 1.45. The Morgan fingerprint density at radius 1 is 1.36 bits per heavy atom. The van der Waals surface area contributed by atoms with Crippen LogP contribution in [0, 0.1) is 0 Å². The van der Waals surface area contributed by atoms with E-state index in [4.69, 9.17) is 4.55 Å². The van der Waals surface area contributed by atoms with E-state index in [9.17, 15) is 13.2 Å². The molecule has 0 atom stereocenters. The molecule has 0 unspecified atom stereocenters. The summed E-state index contributed by atoms with van der Waals surface area (Å²) < 4.78 is 28.9. The predicted molar refractivity (Wildman–Crippen MR) is 56.9 cm³/mol. The third-order valence-corrected chi connectivity index (χ3v) is 2.26. The van der Waals surface area contributed by atoms with E-state index in [-0.39, 0.29) is 52.3 Å². The standard InChI is InChI=1S/C7H15NO4S.Ca.2H/c1-7(9)8-5-3-2-4-6-13(10,11)12;;;/h2-6H2,1H3,(H,8,9)(H,10,11,12);;;/q;+2;2*-1. The molecule has 0 aliphatic carbocycles. The first-order valence-corrected chi connectivity index (χ1v) is 5.72. The van der Waals surface area contributed by atoms with Crippen molar-refractivity contribution in [1.82, 2.24) is 5.32 Å². The molecule has 7 heteroatoms. The molecular weight excluding hydrogens is 234 g/mol. The van der Waals surface area contributed by atoms with Gasteiger partial charge in [-0.25, -0.2) is 0 Å². The number of rotatable bonds is 6. The van der Waals surface area contributed by atoms with E-state index in [2.05, 4.69) is 5.32 Å². The smallest absolute Gasteiger partial charge is 1.00 e. The van der Waals surface area contributed by atoms with Crippen LogP contribution in [-0.2, 0) is 14.9 Å². The maximum atomic E-state index is 10.4. The van der Waals surface area contributed by atoms with Crippen LogP contribution in [0.25, 0.3) is 0 Å². The first-order chi connectivity index (χ1) is 5.92. The molecule has 0 aromatic heterocycles. The molecular formula is C7H17CaNO4S. The molecule has 5 nitrogen and oxygen atoms in total. The summed E-state index contributed by atoms with van der Waals surface area (Å²) >= 11 is 0. The van der Waals surface area contributed by atoms with Gasteiger partial charge in [-0.3, -0.25) is 9.35 Å². The van der Waals surface area contributed by atoms with Crippen molar-refractivity contribution >= 4 is 53.8 Å². The molecule has 0 aromatic carbocycles. The minimum Gasteiger partial charge on any atom is -1.00 e. The van der Waals surface area contributed by atoms with Crippen molar-refractivity contribution in [2.45, 2.75) is 26.2 Å². The molecule has 0 radical (unpaired) electrons. The number of hydrogen-bond donors (Lipinski definition) is 2. The molecule has 2 N–H and O–H groups in total. The average Bonchev–Trinajstić information content (AvgIpc) is 1.93. The predicted octanol–water partition coefficient (Wildman–Crippen LogP) is 0.0248. The van der Waals surface area contributed by atoms with Crippen molar-refractivity contribution in [2.75, 3.05) is 12.3 Å². The summed E-state index contributed by atoms with van der Waals surface area (Å²) in [5.74, 6) is -0.289. The number of hydrogen-bond acceptors (Lipinski definition) is 3. The summed E-state index contributed by atoms with van der Waals surface area (Å²) in [5, 5.41) is 2.59. The van der Waals surface area contributed by atoms with Crippen LogP contribution in [0.15, 0.2) is 0 Å². The quantitative estimate of drug-likeness (QED) is 0.396. The van der Waals surface area contributed by atoms with Crippen LogP contribution in [0.1, 0.15) is 29.0 Å². The first-order valence-electron chi connectivity index (χ1n) is 4.11. The largest absolute Gasteiger partial charge is 2.00 e. The molecule has 0 aliphatic rings. The van der Waals surface area contributed by atoms with E-state index >= 15 is 0 Å². The Hall–Kier alpha value is 0.640. The van der Waals surface area contributed by atoms with Gasteiger partial charge in [-0.1, -0.05) is 6.42 Å². The molecule has 0 aromatic rings. The van der Waals surface area contributed by atoms with Crippen molar-refractivity contribution in [3.05, 3.63) is 0 Å². The Balaban J connectivity index is -0.000000240. The van der Waals surface area contributed by atoms with Gasteiger partial charge in [-0.05, 0) is 12.8 Å². The summed E-state index contributed by atoms with van der Waals surface area (Å²) in [7, 11) is -3.81. The van der Waals surface area contributed by atoms with Gasteiger partial charge in [0.25, 0.3) is 10.1 Å². The maximum Gasteiger partial charge on any atom is 2.00 e. The van der Waals surface area contributed by atoms with Crippen molar-refractivity contribution in [3.8, 4) is 0 Å². The van der Waals surface area contributed by atoms with E-state index in [1.165, 1.54) is 6.92 Å². The normalized spacial score (nSPS) is 10.4. The van der Waals surface area contributed by atoms with Crippen LogP contribution in [0.5, 0.6) is 0 Å². The Morgan fingerprint density at radius 2 is 1.93 bits per heavy atom. The number of nitrogens with one attached hydrogen (secondary N) is 1. The number of carbonyl (C=O) groups is 1. The second-order valence-corrected chi connectivity index (χ2v) is 4.40. The second-order valence-electron chi connectivity index (χ2n) is 2.83. The number of carbonyl (C=O) groups excluding carboxylic acids is 1. The summed E-state index contributed by atoms with van der Waals surface area (Å²) in [6.07, 6.45) is 1.84. The molecule has 0 heterocycles. The molecule has 0 rings (SSSR count). The van der Waals surface area contributed by atoms with Crippen LogP contribution in [0.2, 0.25) is 0 Å². The van der Waals surface area contributed by atoms with Gasteiger partial charge < -0.3 is 8.17 Å². The van der Waals surface area contributed by atoms with Gasteiger partial charge in [0.15, 0.2) is 0 Å². The Bertz CT molecular complexity index is 261. The Labute approximate surface area is 117 Å². The molecule has 0 saturated carbocycles. The van der Waals surface area contributed by atoms with Gasteiger partial charge in [0.2, 0.25) is 5.91 Å². The van der Waals surface area contributed by atoms with Gasteiger partial charge in [0.1, 0.15) is 0 Å². The molecule has 0 bridgehead atoms. The van der Waals surface area contributed by atoms with Gasteiger partial charge in [0.05, 0.1) is 5.75 Å². The molecule has 14 heavy (non-hydrogen) atoms. The van der Waals surface area contributed by atoms with E-state index in [1.807, 2.05) is 0 Å². The molecule has 0 aliphatic heterocycles. The number of unbranched alkanes of at least 4 members (excludes halogenated alkanes) is 2. The molecule has 0 spiro atoms. The molecule has 82 valence electrons. The third kappa shape index (κ3) is 15.1. The van der Waals surface area contributed by atoms with Gasteiger partial charge in [-0.2, -0.15) is 8.42 Å². The fraction of sp³-hybridized carbons (Fsp3) is 0.857. The minimum atomic E-state index is -3.81. The zero-order valence-electron chi connectivity index (χ0n) is 10.3. The van der Waals surface area contributed by atoms with E-state index < -0.39 is 10.1 Å². The fourth-order valence-corrected chi connectivity index (χ4v) is 1.42. The van der Waals surface area contributed by atoms with Gasteiger partial charge in [0, 0.05) is 13.5 Å². The maximum absolute atomic E-state index is 10.4. The Morgan fingerprint density at radius 3 is 2.36 bits per heavy atom. The average molecular weight is 251 g/mol. The van der Waals surface area contributed by atoms with E-state index in [0.29, 0.717) is 19.4 Å². The monoisotopic (exact) mass is 251 g/mol. The number of amides is 1. The van der Waals surface area contributed by atoms with Gasteiger partial charge in [-0.15, -0.1) is 0 Å². The van der Waals surface area contributed by atoms with Crippen LogP contribution >= 0.6 is 0 Å². The van der Waals surface area contributed by atoms with E-state index in [1.54, 1.807) is 0 Å². The summed E-state index contributed by atoms with van der Waals surface area (Å²) in [4.78, 5) is 10.4. The van der Waals surface area contributed by atoms with Crippen molar-refractivity contribution in [3.63, 3.8) is 0 Å². The van der Waals surface area contributed by atoms with Crippen LogP contribution in [0.4, 0.5) is 0 Å². The summed E-state index contributed by atoms with van der Waals surface area (Å²) in [5.41, 5.74) is 0. The SMILES string of the molecule is CC(=O)NCCCCCS(=O)(=O)O.[Ca+2].[H-].[H-]. The van der Waals surface area contributed by atoms with Crippen LogP contribution in [0.3, 0.4) is 0 Å². The summed E-state index contributed by atoms with van der Waals surface area (Å²) in [6.45, 7) is 1.99. The zero-order valence-corrected chi connectivity index (χ0v) is 11.3.